The first-order valence-corrected chi connectivity index (χ1v) is 8.42. The van der Waals surface area contributed by atoms with Gasteiger partial charge in [-0.2, -0.15) is 13.2 Å². The van der Waals surface area contributed by atoms with E-state index in [1.54, 1.807) is 20.8 Å². The first-order valence-electron chi connectivity index (χ1n) is 8.42. The van der Waals surface area contributed by atoms with Crippen molar-refractivity contribution in [3.63, 3.8) is 0 Å². The van der Waals surface area contributed by atoms with E-state index in [1.807, 2.05) is 0 Å². The lowest BCUT2D eigenvalue weighted by atomic mass is 9.98. The molecule has 154 valence electrons. The molecule has 1 fully saturated rings. The molecule has 28 heavy (non-hydrogen) atoms. The largest absolute Gasteiger partial charge is 0.416 e. The minimum atomic E-state index is -4.82. The Bertz CT molecular complexity index is 781. The average molecular weight is 403 g/mol. The summed E-state index contributed by atoms with van der Waals surface area (Å²) in [6.07, 6.45) is -4.82. The molecular formula is C17H20F3N3O5. The van der Waals surface area contributed by atoms with Gasteiger partial charge in [0.15, 0.2) is 0 Å². The minimum absolute atomic E-state index is 0.0975. The number of hydrogen-bond donors (Lipinski definition) is 0. The van der Waals surface area contributed by atoms with Gasteiger partial charge in [-0.1, -0.05) is 0 Å². The van der Waals surface area contributed by atoms with Crippen LogP contribution in [0.25, 0.3) is 0 Å². The molecule has 1 aromatic carbocycles. The van der Waals surface area contributed by atoms with Gasteiger partial charge in [0.25, 0.3) is 11.6 Å². The average Bonchev–Trinajstić information content (AvgIpc) is 2.59. The van der Waals surface area contributed by atoms with Gasteiger partial charge in [-0.25, -0.2) is 4.79 Å². The number of hydroxylamine groups is 2. The Morgan fingerprint density at radius 3 is 2.11 bits per heavy atom. The number of nitro benzene ring substituents is 1. The highest BCUT2D eigenvalue weighted by atomic mass is 19.4. The van der Waals surface area contributed by atoms with Crippen LogP contribution in [0.4, 0.5) is 18.9 Å². The fourth-order valence-corrected chi connectivity index (χ4v) is 2.42. The van der Waals surface area contributed by atoms with Gasteiger partial charge >= 0.3 is 12.1 Å². The number of nitrogens with zero attached hydrogens (tertiary/aromatic N) is 3. The number of rotatable bonds is 3. The Kier molecular flexibility index (Phi) is 5.97. The minimum Gasteiger partial charge on any atom is -0.367 e. The molecule has 8 nitrogen and oxygen atoms in total. The summed E-state index contributed by atoms with van der Waals surface area (Å²) in [6, 6.07) is 1.81. The molecule has 0 radical (unpaired) electrons. The second-order valence-corrected chi connectivity index (χ2v) is 7.37. The molecule has 0 N–H and O–H groups in total. The topological polar surface area (TPSA) is 93.0 Å². The third kappa shape index (κ3) is 5.18. The predicted octanol–water partition coefficient (Wildman–Crippen LogP) is 2.88. The first kappa shape index (κ1) is 21.6. The van der Waals surface area contributed by atoms with Gasteiger partial charge < -0.3 is 9.74 Å². The summed E-state index contributed by atoms with van der Waals surface area (Å²) in [6.45, 7) is 5.62. The Morgan fingerprint density at radius 1 is 1.07 bits per heavy atom. The van der Waals surface area contributed by atoms with E-state index in [2.05, 4.69) is 0 Å². The molecule has 1 saturated heterocycles. The van der Waals surface area contributed by atoms with Crippen molar-refractivity contribution in [2.24, 2.45) is 5.41 Å². The summed E-state index contributed by atoms with van der Waals surface area (Å²) in [5.74, 6) is -1.20. The van der Waals surface area contributed by atoms with Gasteiger partial charge in [-0.05, 0) is 26.8 Å². The van der Waals surface area contributed by atoms with Crippen LogP contribution >= 0.6 is 0 Å². The standard InChI is InChI=1S/C17H20F3N3O5/c1-16(2,3)15(25)28-22-6-4-21(5-7-22)14(24)11-8-12(17(18,19)20)10-13(9-11)23(26)27/h8-10H,4-7H2,1-3H3. The SMILES string of the molecule is CC(C)(C)C(=O)ON1CCN(C(=O)c2cc([N+](=O)[O-])cc(C(F)(F)F)c2)CC1. The van der Waals surface area contributed by atoms with E-state index in [9.17, 15) is 32.9 Å². The third-order valence-corrected chi connectivity index (χ3v) is 4.05. The zero-order chi connectivity index (χ0) is 21.3. The fourth-order valence-electron chi connectivity index (χ4n) is 2.42. The van der Waals surface area contributed by atoms with Crippen molar-refractivity contribution in [3.8, 4) is 0 Å². The van der Waals surface area contributed by atoms with Crippen LogP contribution in [0.15, 0.2) is 18.2 Å². The van der Waals surface area contributed by atoms with E-state index >= 15 is 0 Å². The molecule has 11 heteroatoms. The summed E-state index contributed by atoms with van der Waals surface area (Å²) < 4.78 is 38.9. The normalized spacial score (nSPS) is 16.0. The lowest BCUT2D eigenvalue weighted by Crippen LogP contribution is -2.50. The van der Waals surface area contributed by atoms with Crippen molar-refractivity contribution >= 4 is 17.6 Å². The molecule has 0 unspecified atom stereocenters. The molecule has 0 saturated carbocycles. The molecule has 0 spiro atoms. The van der Waals surface area contributed by atoms with Crippen molar-refractivity contribution in [2.45, 2.75) is 26.9 Å². The molecule has 1 aliphatic heterocycles. The van der Waals surface area contributed by atoms with Gasteiger partial charge in [-0.3, -0.25) is 14.9 Å². The number of non-ortho nitro benzene ring substituents is 1. The summed E-state index contributed by atoms with van der Waals surface area (Å²) in [4.78, 5) is 40.9. The monoisotopic (exact) mass is 403 g/mol. The third-order valence-electron chi connectivity index (χ3n) is 4.05. The second kappa shape index (κ2) is 7.74. The number of carbonyl (C=O) groups excluding carboxylic acids is 2. The Hall–Kier alpha value is -2.69. The van der Waals surface area contributed by atoms with E-state index in [1.165, 1.54) is 9.96 Å². The van der Waals surface area contributed by atoms with Crippen LogP contribution < -0.4 is 0 Å². The number of hydrogen-bond acceptors (Lipinski definition) is 6. The smallest absolute Gasteiger partial charge is 0.367 e. The summed E-state index contributed by atoms with van der Waals surface area (Å²) in [5.41, 5.74) is -3.19. The maximum Gasteiger partial charge on any atom is 0.416 e. The molecular weight excluding hydrogens is 383 g/mol. The van der Waals surface area contributed by atoms with Gasteiger partial charge in [0.05, 0.1) is 29.0 Å². The van der Waals surface area contributed by atoms with Crippen molar-refractivity contribution in [1.29, 1.82) is 0 Å². The van der Waals surface area contributed by atoms with Crippen LogP contribution in [-0.2, 0) is 15.8 Å². The zero-order valence-corrected chi connectivity index (χ0v) is 15.6. The summed E-state index contributed by atoms with van der Waals surface area (Å²) in [7, 11) is 0. The number of carbonyl (C=O) groups is 2. The van der Waals surface area contributed by atoms with Crippen molar-refractivity contribution in [2.75, 3.05) is 26.2 Å². The van der Waals surface area contributed by atoms with Crippen LogP contribution in [0, 0.1) is 15.5 Å². The maximum atomic E-state index is 13.0. The Morgan fingerprint density at radius 2 is 1.64 bits per heavy atom. The number of halogens is 3. The lowest BCUT2D eigenvalue weighted by molar-refractivity contribution is -0.385. The molecule has 0 aliphatic carbocycles. The highest BCUT2D eigenvalue weighted by Crippen LogP contribution is 2.33. The molecule has 0 atom stereocenters. The van der Waals surface area contributed by atoms with Gasteiger partial charge in [0.2, 0.25) is 0 Å². The van der Waals surface area contributed by atoms with Gasteiger partial charge in [-0.15, -0.1) is 5.06 Å². The van der Waals surface area contributed by atoms with E-state index in [-0.39, 0.29) is 26.2 Å². The van der Waals surface area contributed by atoms with Crippen LogP contribution in [-0.4, -0.2) is 52.9 Å². The first-order chi connectivity index (χ1) is 12.8. The molecule has 1 heterocycles. The molecule has 2 rings (SSSR count). The Balaban J connectivity index is 2.12. The quantitative estimate of drug-likeness (QED) is 0.569. The summed E-state index contributed by atoms with van der Waals surface area (Å²) in [5, 5.41) is 12.3. The Labute approximate surface area is 158 Å². The zero-order valence-electron chi connectivity index (χ0n) is 15.6. The number of nitro groups is 1. The molecule has 1 aliphatic rings. The highest BCUT2D eigenvalue weighted by Gasteiger charge is 2.35. The van der Waals surface area contributed by atoms with Crippen molar-refractivity contribution in [3.05, 3.63) is 39.4 Å². The number of amides is 1. The molecule has 0 bridgehead atoms. The van der Waals surface area contributed by atoms with Crippen LogP contribution in [0.5, 0.6) is 0 Å². The van der Waals surface area contributed by atoms with Gasteiger partial charge in [0, 0.05) is 30.8 Å². The van der Waals surface area contributed by atoms with Crippen LogP contribution in [0.1, 0.15) is 36.7 Å². The van der Waals surface area contributed by atoms with Crippen LogP contribution in [0.2, 0.25) is 0 Å². The molecule has 1 amide bonds. The van der Waals surface area contributed by atoms with Crippen molar-refractivity contribution in [1.82, 2.24) is 9.96 Å². The fraction of sp³-hybridized carbons (Fsp3) is 0.529. The molecule has 1 aromatic rings. The predicted molar refractivity (Wildman–Crippen MR) is 91.1 cm³/mol. The lowest BCUT2D eigenvalue weighted by Gasteiger charge is -2.34. The maximum absolute atomic E-state index is 13.0. The second-order valence-electron chi connectivity index (χ2n) is 7.37. The van der Waals surface area contributed by atoms with E-state index in [4.69, 9.17) is 4.84 Å². The van der Waals surface area contributed by atoms with Crippen molar-refractivity contribution < 1.29 is 32.5 Å². The van der Waals surface area contributed by atoms with E-state index < -0.39 is 45.2 Å². The van der Waals surface area contributed by atoms with E-state index in [0.717, 1.165) is 6.07 Å². The number of piperazine rings is 1. The molecule has 0 aromatic heterocycles. The summed E-state index contributed by atoms with van der Waals surface area (Å²) >= 11 is 0. The van der Waals surface area contributed by atoms with Crippen LogP contribution in [0.3, 0.4) is 0 Å². The van der Waals surface area contributed by atoms with E-state index in [0.29, 0.717) is 12.1 Å². The number of alkyl halides is 3. The number of benzene rings is 1. The van der Waals surface area contributed by atoms with Gasteiger partial charge in [0.1, 0.15) is 0 Å². The highest BCUT2D eigenvalue weighted by molar-refractivity contribution is 5.95.